The molecule has 0 aliphatic heterocycles. The van der Waals surface area contributed by atoms with Gasteiger partial charge >= 0.3 is 40.6 Å². The van der Waals surface area contributed by atoms with Gasteiger partial charge in [-0.05, 0) is 122 Å². The molecule has 0 aromatic rings. The molecule has 0 bridgehead atoms. The molecule has 0 saturated heterocycles. The van der Waals surface area contributed by atoms with Gasteiger partial charge in [0.15, 0.2) is 10.1 Å². The lowest BCUT2D eigenvalue weighted by molar-refractivity contribution is -0.742. The molecule has 0 unspecified atom stereocenters. The molecule has 0 saturated carbocycles. The van der Waals surface area contributed by atoms with Crippen molar-refractivity contribution >= 4 is 40.6 Å². The molecule has 0 aliphatic rings. The molecule has 30 nitrogen and oxygen atoms in total. The van der Waals surface area contributed by atoms with Crippen molar-refractivity contribution in [2.24, 2.45) is 40.1 Å². The third-order valence-corrected chi connectivity index (χ3v) is 11.2. The zero-order valence-corrected chi connectivity index (χ0v) is 55.3. The lowest BCUT2D eigenvalue weighted by Gasteiger charge is -2.02. The Morgan fingerprint density at radius 2 is 0.567 bits per heavy atom. The Labute approximate surface area is 536 Å². The highest BCUT2D eigenvalue weighted by Crippen LogP contribution is 2.10. The van der Waals surface area contributed by atoms with Gasteiger partial charge in [0.1, 0.15) is 0 Å². The lowest BCUT2D eigenvalue weighted by atomic mass is 10.1. The molecule has 0 fully saturated rings. The van der Waals surface area contributed by atoms with Crippen LogP contribution in [0.2, 0.25) is 0 Å². The van der Waals surface area contributed by atoms with Crippen LogP contribution in [0.3, 0.4) is 0 Å². The molecule has 0 rings (SSSR count). The first-order valence-electron chi connectivity index (χ1n) is 31.3. The second kappa shape index (κ2) is 88.1. The van der Waals surface area contributed by atoms with Crippen molar-refractivity contribution in [2.75, 3.05) is 19.6 Å². The summed E-state index contributed by atoms with van der Waals surface area (Å²) < 4.78 is 31.6. The van der Waals surface area contributed by atoms with Crippen molar-refractivity contribution in [1.82, 2.24) is 21.5 Å². The average molecular weight is 1310 g/mol. The Morgan fingerprint density at radius 1 is 0.378 bits per heavy atom. The standard InChI is InChI=1S/2C19H36N2O.C18H35N.2CH3N3O3.CH4N2O.HNO3.H2O4S/c2*1-2-3-4-5-6-7-8-9-10-11-12-13-14-15-16-17-18-21-19(20)22;1-2-3-4-5-6-7-8-9-10-11-12-13-14-15-16-17-18-19;2*2-1(5)3-4(6)7;2*2-1(3)4;1-5(2,3)4/h2*6-7,9-10H,2-5,8,11-18H2,1H3,(H3,20,21,22);6-7,9-10H,2-5,8,11-19H2,1H3;2*(H3,2,3,5);(H4,2,3,4);(H,2,3,4);(H2,1,2,3,4)/b3*7-6-,10-9-;;;;;. The number of urea groups is 5. The first-order chi connectivity index (χ1) is 42.7. The highest BCUT2D eigenvalue weighted by Gasteiger charge is 1.98. The first-order valence-corrected chi connectivity index (χ1v) is 32.7. The number of hydrogen-bond donors (Lipinski definition) is 14. The maximum Gasteiger partial charge on any atom is 0.394 e. The molecule has 21 N–H and O–H groups in total. The number of nitrogens with zero attached hydrogens (tertiary/aromatic N) is 3. The van der Waals surface area contributed by atoms with Crippen LogP contribution >= 0.6 is 0 Å². The van der Waals surface area contributed by atoms with Gasteiger partial charge in [-0.2, -0.15) is 8.42 Å². The molecule has 0 aliphatic carbocycles. The van der Waals surface area contributed by atoms with Crippen molar-refractivity contribution in [3.05, 3.63) is 103 Å². The molecule has 0 spiro atoms. The van der Waals surface area contributed by atoms with Gasteiger partial charge in [0, 0.05) is 13.1 Å². The van der Waals surface area contributed by atoms with Gasteiger partial charge < -0.3 is 56.0 Å². The van der Waals surface area contributed by atoms with Crippen molar-refractivity contribution in [3.8, 4) is 0 Å². The topological polar surface area (TPSA) is 540 Å². The number of rotatable bonds is 46. The van der Waals surface area contributed by atoms with Gasteiger partial charge in [0.05, 0.1) is 0 Å². The van der Waals surface area contributed by atoms with Crippen LogP contribution in [-0.2, 0) is 10.4 Å². The minimum absolute atomic E-state index is 0.414. The van der Waals surface area contributed by atoms with E-state index >= 15 is 0 Å². The summed E-state index contributed by atoms with van der Waals surface area (Å²) in [6.07, 6.45) is 73.0. The fraction of sp³-hybridized carbons (Fsp3) is 0.712. The number of primary amides is 6. The van der Waals surface area contributed by atoms with E-state index < -0.39 is 55.7 Å². The van der Waals surface area contributed by atoms with Crippen LogP contribution in [0.5, 0.6) is 0 Å². The van der Waals surface area contributed by atoms with Crippen LogP contribution in [-0.4, -0.2) is 87.7 Å². The minimum atomic E-state index is -4.67. The number of hydrazine groups is 2. The molecule has 31 heteroatoms. The number of allylic oxidation sites excluding steroid dienone is 12. The fourth-order valence-electron chi connectivity index (χ4n) is 6.96. The summed E-state index contributed by atoms with van der Waals surface area (Å²) in [5.41, 5.74) is 34.9. The Morgan fingerprint density at radius 3 is 0.733 bits per heavy atom. The Kier molecular flexibility index (Phi) is 96.7. The van der Waals surface area contributed by atoms with Crippen molar-refractivity contribution in [1.29, 1.82) is 0 Å². The highest BCUT2D eigenvalue weighted by atomic mass is 32.3. The predicted octanol–water partition coefficient (Wildman–Crippen LogP) is 12.4. The fourth-order valence-corrected chi connectivity index (χ4v) is 6.96. The molecule has 0 radical (unpaired) electrons. The quantitative estimate of drug-likeness (QED) is 0.00885. The van der Waals surface area contributed by atoms with Crippen molar-refractivity contribution < 1.29 is 61.9 Å². The Hall–Kier alpha value is -7.38. The number of carbonyl (C=O) groups excluding carboxylic acids is 5. The molecule has 10 amide bonds. The van der Waals surface area contributed by atoms with Gasteiger partial charge in [-0.3, -0.25) is 9.11 Å². The maximum atomic E-state index is 10.5. The van der Waals surface area contributed by atoms with Gasteiger partial charge in [-0.15, -0.1) is 10.1 Å². The zero-order chi connectivity index (χ0) is 70.0. The zero-order valence-electron chi connectivity index (χ0n) is 54.4. The first kappa shape index (κ1) is 98.8. The van der Waals surface area contributed by atoms with Gasteiger partial charge in [-0.25, -0.2) is 44.2 Å². The third kappa shape index (κ3) is 171. The summed E-state index contributed by atoms with van der Waals surface area (Å²) in [6.45, 7) is 9.02. The van der Waals surface area contributed by atoms with Crippen molar-refractivity contribution in [2.45, 2.75) is 252 Å². The van der Waals surface area contributed by atoms with Crippen LogP contribution < -0.4 is 61.6 Å². The summed E-state index contributed by atoms with van der Waals surface area (Å²) in [7, 11) is -4.67. The summed E-state index contributed by atoms with van der Waals surface area (Å²) in [5.74, 6) is 0. The largest absolute Gasteiger partial charge is 0.394 e. The lowest BCUT2D eigenvalue weighted by Crippen LogP contribution is -2.33. The molecule has 0 heterocycles. The van der Waals surface area contributed by atoms with Gasteiger partial charge in [-0.1, -0.05) is 220 Å². The number of hydrogen-bond acceptors (Lipinski definition) is 14. The molecular weight excluding hydrogens is 1190 g/mol. The molecule has 0 atom stereocenters. The van der Waals surface area contributed by atoms with Crippen LogP contribution in [0, 0.1) is 30.3 Å². The van der Waals surface area contributed by atoms with Crippen LogP contribution in [0.15, 0.2) is 72.9 Å². The second-order valence-electron chi connectivity index (χ2n) is 19.7. The van der Waals surface area contributed by atoms with E-state index in [4.69, 9.17) is 54.8 Å². The van der Waals surface area contributed by atoms with Crippen LogP contribution in [0.4, 0.5) is 24.0 Å². The summed E-state index contributed by atoms with van der Waals surface area (Å²) in [5, 5.41) is 35.2. The summed E-state index contributed by atoms with van der Waals surface area (Å²) in [6, 6.07) is -3.99. The van der Waals surface area contributed by atoms with Gasteiger partial charge in [0.2, 0.25) is 0 Å². The van der Waals surface area contributed by atoms with E-state index in [0.717, 1.165) is 38.6 Å². The normalized spacial score (nSPS) is 10.5. The van der Waals surface area contributed by atoms with E-state index in [2.05, 4.69) is 127 Å². The predicted molar refractivity (Wildman–Crippen MR) is 358 cm³/mol. The SMILES string of the molecule is CCCCC/C=C\C/C=C\CCCCCCCCN.CCCCC/C=C\C/C=C\CCCCCCCCNC(N)=O.CCCCC/C=C\C/C=C\CCCCCCCCNC(N)=O.NC(=O)N[N+](=O)[O-].NC(=O)N[N+](=O)[O-].NC(N)=O.O=S(=O)(O)O.O=[N+]([O-])O. The second-order valence-corrected chi connectivity index (χ2v) is 20.6. The van der Waals surface area contributed by atoms with E-state index in [1.807, 2.05) is 0 Å². The van der Waals surface area contributed by atoms with Crippen molar-refractivity contribution in [3.63, 3.8) is 0 Å². The molecule has 90 heavy (non-hydrogen) atoms. The number of nitrogens with two attached hydrogens (primary N) is 7. The van der Waals surface area contributed by atoms with E-state index in [1.54, 1.807) is 0 Å². The number of amides is 10. The molecule has 528 valence electrons. The van der Waals surface area contributed by atoms with E-state index in [9.17, 15) is 39.4 Å². The smallest absolute Gasteiger partial charge is 0.352 e. The van der Waals surface area contributed by atoms with Crippen LogP contribution in [0.25, 0.3) is 0 Å². The number of carbonyl (C=O) groups is 5. The Balaban J connectivity index is -0.000000155. The van der Waals surface area contributed by atoms with E-state index in [1.165, 1.54) is 210 Å². The monoisotopic (exact) mass is 1310 g/mol. The maximum absolute atomic E-state index is 10.5. The number of nitrogens with one attached hydrogen (secondary N) is 4. The number of nitro groups is 2. The molecule has 0 aromatic heterocycles. The minimum Gasteiger partial charge on any atom is -0.352 e. The Bertz CT molecular complexity index is 1830. The highest BCUT2D eigenvalue weighted by molar-refractivity contribution is 7.79. The molecule has 0 aromatic carbocycles. The van der Waals surface area contributed by atoms with Crippen LogP contribution in [0.1, 0.15) is 252 Å². The summed E-state index contributed by atoms with van der Waals surface area (Å²) >= 11 is 0. The summed E-state index contributed by atoms with van der Waals surface area (Å²) in [4.78, 5) is 75.6. The third-order valence-electron chi connectivity index (χ3n) is 11.2. The van der Waals surface area contributed by atoms with E-state index in [0.29, 0.717) is 13.1 Å². The van der Waals surface area contributed by atoms with E-state index in [-0.39, 0.29) is 0 Å². The van der Waals surface area contributed by atoms with Gasteiger partial charge in [0.25, 0.3) is 5.09 Å². The molecular formula is C59H120N14O16S. The number of unbranched alkanes of at least 4 members (excludes halogenated alkanes) is 27. The average Bonchev–Trinajstić information content (AvgIpc) is 3.43.